The Morgan fingerprint density at radius 2 is 1.67 bits per heavy atom. The number of carbonyl (C=O) groups is 2. The molecular formula is C43H55N3O6. The number of carbonyl (C=O) groups excluding carboxylic acids is 2. The van der Waals surface area contributed by atoms with Crippen molar-refractivity contribution in [3.8, 4) is 11.1 Å². The maximum absolute atomic E-state index is 13.8. The summed E-state index contributed by atoms with van der Waals surface area (Å²) in [6, 6.07) is 24.4. The van der Waals surface area contributed by atoms with Gasteiger partial charge < -0.3 is 30.0 Å². The van der Waals surface area contributed by atoms with Gasteiger partial charge in [-0.2, -0.15) is 0 Å². The number of hydrogen-bond donors (Lipinski definition) is 3. The molecule has 0 spiro atoms. The molecule has 9 nitrogen and oxygen atoms in total. The van der Waals surface area contributed by atoms with Gasteiger partial charge in [-0.3, -0.25) is 9.69 Å². The first-order valence-electron chi connectivity index (χ1n) is 18.9. The molecule has 6 rings (SSSR count). The predicted molar refractivity (Wildman–Crippen MR) is 202 cm³/mol. The van der Waals surface area contributed by atoms with Crippen LogP contribution in [0.3, 0.4) is 0 Å². The molecule has 3 N–H and O–H groups in total. The van der Waals surface area contributed by atoms with Crippen LogP contribution in [-0.4, -0.2) is 58.9 Å². The fraction of sp³-hybridized carbons (Fsp3) is 0.488. The first-order chi connectivity index (χ1) is 25.1. The van der Waals surface area contributed by atoms with Crippen LogP contribution in [0.4, 0.5) is 4.79 Å². The average Bonchev–Trinajstić information content (AvgIpc) is 3.15. The van der Waals surface area contributed by atoms with Crippen molar-refractivity contribution >= 4 is 12.0 Å². The minimum absolute atomic E-state index is 0.0147. The van der Waals surface area contributed by atoms with E-state index >= 15 is 0 Å². The number of alkyl carbamates (subject to hydrolysis) is 1. The fourth-order valence-corrected chi connectivity index (χ4v) is 8.08. The number of amides is 2. The highest BCUT2D eigenvalue weighted by molar-refractivity contribution is 5.82. The lowest BCUT2D eigenvalue weighted by atomic mass is 9.75. The number of nitrogens with zero attached hydrogens (tertiary/aromatic N) is 1. The lowest BCUT2D eigenvalue weighted by Gasteiger charge is -2.50. The van der Waals surface area contributed by atoms with Crippen molar-refractivity contribution in [2.24, 2.45) is 5.92 Å². The molecule has 1 saturated carbocycles. The molecule has 9 heteroatoms. The van der Waals surface area contributed by atoms with Gasteiger partial charge in [-0.05, 0) is 92.3 Å². The van der Waals surface area contributed by atoms with E-state index in [1.54, 1.807) is 0 Å². The molecule has 6 atom stereocenters. The van der Waals surface area contributed by atoms with Crippen LogP contribution in [0.5, 0.6) is 0 Å². The predicted octanol–water partition coefficient (Wildman–Crippen LogP) is 7.74. The lowest BCUT2D eigenvalue weighted by molar-refractivity contribution is -0.255. The first-order valence-corrected chi connectivity index (χ1v) is 18.9. The summed E-state index contributed by atoms with van der Waals surface area (Å²) in [6.45, 7) is 10.8. The number of aliphatic hydroxyl groups excluding tert-OH is 1. The highest BCUT2D eigenvalue weighted by Gasteiger charge is 2.44. The Balaban J connectivity index is 1.26. The van der Waals surface area contributed by atoms with Crippen LogP contribution in [0.15, 0.2) is 85.5 Å². The second kappa shape index (κ2) is 17.2. The maximum atomic E-state index is 13.8. The van der Waals surface area contributed by atoms with E-state index in [2.05, 4.69) is 46.4 Å². The molecule has 3 aromatic rings. The standard InChI is InChI=1S/C43H55N3O6/c1-5-22-50-42(49)44-26-30-10-8-12-33(23-30)34-13-9-14-35(24-34)41-51-36(25-39(52-41)32-18-16-29(28-47)17-19-32)27-46-37-15-7-6-11-31(37)20-21-38(46)40(48)45-43(2,3)4/h5,8-10,12-14,16-19,23-24,31,36-39,41,47H,1,6-7,11,15,20-22,25-28H2,2-4H3,(H,44,49)(H,45,48). The molecule has 52 heavy (non-hydrogen) atoms. The summed E-state index contributed by atoms with van der Waals surface area (Å²) in [5, 5.41) is 15.8. The van der Waals surface area contributed by atoms with E-state index in [9.17, 15) is 14.7 Å². The Labute approximate surface area is 308 Å². The Morgan fingerprint density at radius 3 is 2.42 bits per heavy atom. The summed E-state index contributed by atoms with van der Waals surface area (Å²) >= 11 is 0. The summed E-state index contributed by atoms with van der Waals surface area (Å²) < 4.78 is 18.7. The van der Waals surface area contributed by atoms with E-state index in [1.807, 2.05) is 69.3 Å². The number of ether oxygens (including phenoxy) is 3. The number of hydrogen-bond acceptors (Lipinski definition) is 7. The van der Waals surface area contributed by atoms with Crippen LogP contribution >= 0.6 is 0 Å². The molecule has 0 radical (unpaired) electrons. The van der Waals surface area contributed by atoms with E-state index in [0.29, 0.717) is 31.5 Å². The van der Waals surface area contributed by atoms with Crippen molar-refractivity contribution in [1.82, 2.24) is 15.5 Å². The van der Waals surface area contributed by atoms with Crippen molar-refractivity contribution in [2.75, 3.05) is 13.2 Å². The van der Waals surface area contributed by atoms with E-state index in [-0.39, 0.29) is 42.9 Å². The van der Waals surface area contributed by atoms with Crippen molar-refractivity contribution in [3.05, 3.63) is 108 Å². The molecule has 2 aliphatic heterocycles. The monoisotopic (exact) mass is 709 g/mol. The number of nitrogens with one attached hydrogen (secondary N) is 2. The summed E-state index contributed by atoms with van der Waals surface area (Å²) in [5.41, 5.74) is 5.45. The highest BCUT2D eigenvalue weighted by atomic mass is 16.7. The third-order valence-corrected chi connectivity index (χ3v) is 10.5. The van der Waals surface area contributed by atoms with Gasteiger partial charge in [0.15, 0.2) is 6.29 Å². The minimum atomic E-state index is -0.625. The van der Waals surface area contributed by atoms with Crippen LogP contribution in [0.1, 0.15) is 100 Å². The molecule has 6 unspecified atom stereocenters. The van der Waals surface area contributed by atoms with Crippen LogP contribution < -0.4 is 10.6 Å². The minimum Gasteiger partial charge on any atom is -0.445 e. The number of aliphatic hydroxyl groups is 1. The Hall–Kier alpha value is -4.02. The van der Waals surface area contributed by atoms with Gasteiger partial charge >= 0.3 is 6.09 Å². The second-order valence-corrected chi connectivity index (χ2v) is 15.6. The normalized spacial score (nSPS) is 25.1. The van der Waals surface area contributed by atoms with Crippen LogP contribution in [0.25, 0.3) is 11.1 Å². The topological polar surface area (TPSA) is 109 Å². The van der Waals surface area contributed by atoms with Crippen molar-refractivity contribution < 1.29 is 28.9 Å². The smallest absolute Gasteiger partial charge is 0.407 e. The Bertz CT molecular complexity index is 1670. The lowest BCUT2D eigenvalue weighted by Crippen LogP contribution is -2.61. The summed E-state index contributed by atoms with van der Waals surface area (Å²) in [4.78, 5) is 28.3. The molecular weight excluding hydrogens is 654 g/mol. The van der Waals surface area contributed by atoms with Crippen molar-refractivity contribution in [3.63, 3.8) is 0 Å². The molecule has 3 aliphatic rings. The Morgan fingerprint density at radius 1 is 0.923 bits per heavy atom. The van der Waals surface area contributed by atoms with Crippen LogP contribution in [0, 0.1) is 5.92 Å². The highest BCUT2D eigenvalue weighted by Crippen LogP contribution is 2.42. The maximum Gasteiger partial charge on any atom is 0.407 e. The van der Waals surface area contributed by atoms with Gasteiger partial charge in [-0.25, -0.2) is 4.79 Å². The zero-order valence-corrected chi connectivity index (χ0v) is 30.9. The molecule has 1 aliphatic carbocycles. The van der Waals surface area contributed by atoms with Gasteiger partial charge in [0.1, 0.15) is 6.61 Å². The largest absolute Gasteiger partial charge is 0.445 e. The van der Waals surface area contributed by atoms with E-state index in [1.165, 1.54) is 25.3 Å². The van der Waals surface area contributed by atoms with Crippen LogP contribution in [0.2, 0.25) is 0 Å². The van der Waals surface area contributed by atoms with E-state index < -0.39 is 12.4 Å². The van der Waals surface area contributed by atoms with Gasteiger partial charge in [-0.1, -0.05) is 86.2 Å². The average molecular weight is 710 g/mol. The molecule has 0 aromatic heterocycles. The molecule has 2 heterocycles. The zero-order chi connectivity index (χ0) is 36.7. The van der Waals surface area contributed by atoms with Gasteiger partial charge in [0.25, 0.3) is 0 Å². The first kappa shape index (κ1) is 37.7. The number of fused-ring (bicyclic) bond motifs is 1. The van der Waals surface area contributed by atoms with E-state index in [0.717, 1.165) is 52.6 Å². The molecule has 0 bridgehead atoms. The number of benzene rings is 3. The third-order valence-electron chi connectivity index (χ3n) is 10.5. The van der Waals surface area contributed by atoms with Crippen molar-refractivity contribution in [2.45, 2.75) is 115 Å². The number of piperidine rings is 1. The van der Waals surface area contributed by atoms with Gasteiger partial charge in [0.05, 0.1) is 24.9 Å². The van der Waals surface area contributed by atoms with Gasteiger partial charge in [0, 0.05) is 36.7 Å². The van der Waals surface area contributed by atoms with Gasteiger partial charge in [-0.15, -0.1) is 0 Å². The molecule has 2 amide bonds. The molecule has 278 valence electrons. The SMILES string of the molecule is C=CCOC(=O)NCc1cccc(-c2cccc(C3OC(CN4C(C(=O)NC(C)(C)C)CCC5CCCCC54)CC(c4ccc(CO)cc4)O3)c2)c1. The molecule has 3 aromatic carbocycles. The zero-order valence-electron chi connectivity index (χ0n) is 30.9. The Kier molecular flexibility index (Phi) is 12.5. The van der Waals surface area contributed by atoms with Crippen LogP contribution in [-0.2, 0) is 32.2 Å². The van der Waals surface area contributed by atoms with E-state index in [4.69, 9.17) is 14.2 Å². The van der Waals surface area contributed by atoms with Crippen molar-refractivity contribution in [1.29, 1.82) is 0 Å². The summed E-state index contributed by atoms with van der Waals surface area (Å²) in [6.07, 6.45) is 7.38. The number of rotatable bonds is 11. The molecule has 2 saturated heterocycles. The molecule has 3 fully saturated rings. The van der Waals surface area contributed by atoms with Gasteiger partial charge in [0.2, 0.25) is 5.91 Å². The summed E-state index contributed by atoms with van der Waals surface area (Å²) in [7, 11) is 0. The number of likely N-dealkylation sites (tertiary alicyclic amines) is 1. The summed E-state index contributed by atoms with van der Waals surface area (Å²) in [5.74, 6) is 0.709. The fourth-order valence-electron chi connectivity index (χ4n) is 8.08. The quantitative estimate of drug-likeness (QED) is 0.175. The second-order valence-electron chi connectivity index (χ2n) is 15.6. The third kappa shape index (κ3) is 9.69.